The van der Waals surface area contributed by atoms with Gasteiger partial charge >= 0.3 is 0 Å². The van der Waals surface area contributed by atoms with E-state index in [1.54, 1.807) is 12.4 Å². The molecule has 1 atom stereocenters. The molecule has 0 aliphatic carbocycles. The lowest BCUT2D eigenvalue weighted by molar-refractivity contribution is 0.489. The van der Waals surface area contributed by atoms with Crippen LogP contribution >= 0.6 is 0 Å². The summed E-state index contributed by atoms with van der Waals surface area (Å²) < 4.78 is 0. The van der Waals surface area contributed by atoms with Gasteiger partial charge in [-0.25, -0.2) is 0 Å². The predicted molar refractivity (Wildman–Crippen MR) is 75.8 cm³/mol. The summed E-state index contributed by atoms with van der Waals surface area (Å²) in [5.41, 5.74) is 1.77. The second kappa shape index (κ2) is 5.66. The zero-order chi connectivity index (χ0) is 13.8. The molecule has 1 aliphatic rings. The third-order valence-electron chi connectivity index (χ3n) is 3.54. The highest BCUT2D eigenvalue weighted by Gasteiger charge is 2.20. The number of hydrogen-bond donors (Lipinski definition) is 0. The quantitative estimate of drug-likeness (QED) is 0.833. The molecule has 0 amide bonds. The van der Waals surface area contributed by atoms with Crippen LogP contribution in [0.4, 0.5) is 5.82 Å². The smallest absolute Gasteiger partial charge is 0.151 e. The summed E-state index contributed by atoms with van der Waals surface area (Å²) in [4.78, 5) is 6.22. The average Bonchev–Trinajstić information content (AvgIpc) is 2.56. The van der Waals surface area contributed by atoms with Crippen LogP contribution in [0, 0.1) is 17.2 Å². The molecule has 5 heteroatoms. The van der Waals surface area contributed by atoms with Gasteiger partial charge in [-0.05, 0) is 37.1 Å². The Labute approximate surface area is 117 Å². The molecular formula is C15H15N5. The molecule has 0 N–H and O–H groups in total. The fourth-order valence-corrected chi connectivity index (χ4v) is 2.45. The monoisotopic (exact) mass is 265 g/mol. The van der Waals surface area contributed by atoms with Crippen LogP contribution in [-0.4, -0.2) is 28.3 Å². The Balaban J connectivity index is 1.78. The summed E-state index contributed by atoms with van der Waals surface area (Å²) in [6, 6.07) is 10.1. The summed E-state index contributed by atoms with van der Waals surface area (Å²) in [6.45, 7) is 1.69. The van der Waals surface area contributed by atoms with Gasteiger partial charge in [0.2, 0.25) is 0 Å². The van der Waals surface area contributed by atoms with Gasteiger partial charge in [0.05, 0.1) is 17.7 Å². The molecule has 1 unspecified atom stereocenters. The number of pyridine rings is 1. The van der Waals surface area contributed by atoms with Crippen molar-refractivity contribution in [1.29, 1.82) is 5.26 Å². The molecular weight excluding hydrogens is 250 g/mol. The van der Waals surface area contributed by atoms with Gasteiger partial charge in [0.1, 0.15) is 0 Å². The van der Waals surface area contributed by atoms with E-state index in [0.717, 1.165) is 43.0 Å². The molecule has 0 spiro atoms. The maximum atomic E-state index is 9.03. The summed E-state index contributed by atoms with van der Waals surface area (Å²) in [5, 5.41) is 17.6. The summed E-state index contributed by atoms with van der Waals surface area (Å²) >= 11 is 0. The lowest BCUT2D eigenvalue weighted by Crippen LogP contribution is -2.35. The lowest BCUT2D eigenvalue weighted by atomic mass is 10.00. The van der Waals surface area contributed by atoms with Crippen LogP contribution in [0.3, 0.4) is 0 Å². The van der Waals surface area contributed by atoms with Crippen molar-refractivity contribution in [3.63, 3.8) is 0 Å². The molecule has 3 rings (SSSR count). The topological polar surface area (TPSA) is 65.7 Å². The number of anilines is 1. The standard InChI is InChI=1S/C15H15N5/c16-9-12-3-2-8-20(11-12)15-6-5-14(18-19-15)13-4-1-7-17-10-13/h1,4-7,10,12H,2-3,8,11H2. The average molecular weight is 265 g/mol. The molecule has 1 saturated heterocycles. The molecule has 5 nitrogen and oxygen atoms in total. The van der Waals surface area contributed by atoms with Crippen molar-refractivity contribution in [1.82, 2.24) is 15.2 Å². The Morgan fingerprint density at radius 1 is 1.25 bits per heavy atom. The highest BCUT2D eigenvalue weighted by molar-refractivity contribution is 5.58. The number of nitriles is 1. The molecule has 0 aromatic carbocycles. The van der Waals surface area contributed by atoms with Crippen LogP contribution in [0.2, 0.25) is 0 Å². The maximum Gasteiger partial charge on any atom is 0.151 e. The van der Waals surface area contributed by atoms with Crippen LogP contribution in [-0.2, 0) is 0 Å². The fraction of sp³-hybridized carbons (Fsp3) is 0.333. The number of piperidine rings is 1. The summed E-state index contributed by atoms with van der Waals surface area (Å²) in [6.07, 6.45) is 5.52. The number of rotatable bonds is 2. The first-order valence-electron chi connectivity index (χ1n) is 6.75. The number of aromatic nitrogens is 3. The van der Waals surface area contributed by atoms with Gasteiger partial charge in [0.15, 0.2) is 5.82 Å². The molecule has 2 aromatic rings. The van der Waals surface area contributed by atoms with E-state index in [2.05, 4.69) is 26.2 Å². The van der Waals surface area contributed by atoms with Gasteiger partial charge in [-0.1, -0.05) is 0 Å². The van der Waals surface area contributed by atoms with Crippen molar-refractivity contribution in [2.75, 3.05) is 18.0 Å². The lowest BCUT2D eigenvalue weighted by Gasteiger charge is -2.30. The van der Waals surface area contributed by atoms with E-state index in [1.165, 1.54) is 0 Å². The molecule has 20 heavy (non-hydrogen) atoms. The molecule has 0 saturated carbocycles. The van der Waals surface area contributed by atoms with E-state index in [0.29, 0.717) is 0 Å². The molecule has 3 heterocycles. The van der Waals surface area contributed by atoms with E-state index in [1.807, 2.05) is 24.3 Å². The van der Waals surface area contributed by atoms with Crippen molar-refractivity contribution >= 4 is 5.82 Å². The Morgan fingerprint density at radius 3 is 2.90 bits per heavy atom. The fourth-order valence-electron chi connectivity index (χ4n) is 2.45. The van der Waals surface area contributed by atoms with Crippen molar-refractivity contribution in [2.24, 2.45) is 5.92 Å². The van der Waals surface area contributed by atoms with Gasteiger partial charge in [-0.3, -0.25) is 4.98 Å². The summed E-state index contributed by atoms with van der Waals surface area (Å²) in [5.74, 6) is 0.946. The number of nitrogens with zero attached hydrogens (tertiary/aromatic N) is 5. The van der Waals surface area contributed by atoms with Crippen LogP contribution in [0.15, 0.2) is 36.7 Å². The second-order valence-electron chi connectivity index (χ2n) is 4.93. The van der Waals surface area contributed by atoms with Gasteiger partial charge in [0, 0.05) is 31.0 Å². The number of hydrogen-bond acceptors (Lipinski definition) is 5. The minimum absolute atomic E-state index is 0.101. The van der Waals surface area contributed by atoms with Gasteiger partial charge in [0.25, 0.3) is 0 Å². The molecule has 1 aliphatic heterocycles. The third-order valence-corrected chi connectivity index (χ3v) is 3.54. The second-order valence-corrected chi connectivity index (χ2v) is 4.93. The first-order chi connectivity index (χ1) is 9.86. The van der Waals surface area contributed by atoms with Gasteiger partial charge in [-0.15, -0.1) is 10.2 Å². The van der Waals surface area contributed by atoms with Crippen LogP contribution in [0.25, 0.3) is 11.3 Å². The van der Waals surface area contributed by atoms with Crippen LogP contribution in [0.1, 0.15) is 12.8 Å². The van der Waals surface area contributed by atoms with E-state index in [9.17, 15) is 0 Å². The largest absolute Gasteiger partial charge is 0.354 e. The van der Waals surface area contributed by atoms with Gasteiger partial charge in [-0.2, -0.15) is 5.26 Å². The predicted octanol–water partition coefficient (Wildman–Crippen LogP) is 2.28. The minimum atomic E-state index is 0.101. The Hall–Kier alpha value is -2.48. The van der Waals surface area contributed by atoms with E-state index in [4.69, 9.17) is 5.26 Å². The Bertz CT molecular complexity index is 602. The highest BCUT2D eigenvalue weighted by atomic mass is 15.3. The van der Waals surface area contributed by atoms with Crippen molar-refractivity contribution in [3.8, 4) is 17.3 Å². The molecule has 0 radical (unpaired) electrons. The minimum Gasteiger partial charge on any atom is -0.354 e. The van der Waals surface area contributed by atoms with E-state index < -0.39 is 0 Å². The molecule has 100 valence electrons. The van der Waals surface area contributed by atoms with E-state index >= 15 is 0 Å². The molecule has 2 aromatic heterocycles. The third kappa shape index (κ3) is 2.59. The first-order valence-corrected chi connectivity index (χ1v) is 6.75. The van der Waals surface area contributed by atoms with E-state index in [-0.39, 0.29) is 5.92 Å². The summed E-state index contributed by atoms with van der Waals surface area (Å²) in [7, 11) is 0. The Kier molecular flexibility index (Phi) is 3.55. The van der Waals surface area contributed by atoms with Crippen molar-refractivity contribution in [3.05, 3.63) is 36.7 Å². The molecule has 1 fully saturated rings. The normalized spacial score (nSPS) is 18.6. The molecule has 0 bridgehead atoms. The van der Waals surface area contributed by atoms with Crippen molar-refractivity contribution in [2.45, 2.75) is 12.8 Å². The first kappa shape index (κ1) is 12.5. The SMILES string of the molecule is N#CC1CCCN(c2ccc(-c3cccnc3)nn2)C1. The zero-order valence-corrected chi connectivity index (χ0v) is 11.1. The highest BCUT2D eigenvalue weighted by Crippen LogP contribution is 2.22. The Morgan fingerprint density at radius 2 is 2.20 bits per heavy atom. The van der Waals surface area contributed by atoms with Crippen molar-refractivity contribution < 1.29 is 0 Å². The maximum absolute atomic E-state index is 9.03. The zero-order valence-electron chi connectivity index (χ0n) is 11.1. The van der Waals surface area contributed by atoms with Gasteiger partial charge < -0.3 is 4.90 Å². The van der Waals surface area contributed by atoms with Crippen LogP contribution in [0.5, 0.6) is 0 Å². The van der Waals surface area contributed by atoms with Crippen LogP contribution < -0.4 is 4.90 Å².